The van der Waals surface area contributed by atoms with Crippen molar-refractivity contribution >= 4 is 46.7 Å². The molecular weight excluding hydrogens is 735 g/mol. The SMILES string of the molecule is Cc1ccc(NN2C(=O)C3CC4C(=CCC5C(=O)N(N(C)c6nc(C(F)(F)F)ccc6Cl)C(=O)C54)C(c4cccc(C)c4O)C3(c3ccccc3)C2=O)cc1. The van der Waals surface area contributed by atoms with Crippen LogP contribution in [0.1, 0.15) is 46.7 Å². The number of carbonyl (C=O) groups excluding carboxylic acids is 4. The summed E-state index contributed by atoms with van der Waals surface area (Å²) in [5, 5.41) is 14.3. The molecule has 55 heavy (non-hydrogen) atoms. The van der Waals surface area contributed by atoms with Crippen LogP contribution >= 0.6 is 11.6 Å². The van der Waals surface area contributed by atoms with Gasteiger partial charge in [0, 0.05) is 18.5 Å². The maximum absolute atomic E-state index is 15.3. The number of anilines is 2. The molecule has 6 unspecified atom stereocenters. The monoisotopic (exact) mass is 769 g/mol. The number of phenols is 1. The van der Waals surface area contributed by atoms with Crippen molar-refractivity contribution in [1.82, 2.24) is 15.0 Å². The molecule has 3 aromatic carbocycles. The van der Waals surface area contributed by atoms with Gasteiger partial charge in [-0.1, -0.05) is 89.5 Å². The lowest BCUT2D eigenvalue weighted by molar-refractivity contribution is -0.142. The zero-order valence-corrected chi connectivity index (χ0v) is 30.6. The van der Waals surface area contributed by atoms with E-state index >= 15 is 4.79 Å². The molecule has 10 nitrogen and oxygen atoms in total. The van der Waals surface area contributed by atoms with E-state index in [1.165, 1.54) is 7.05 Å². The fraction of sp³-hybridized carbons (Fsp3) is 0.293. The summed E-state index contributed by atoms with van der Waals surface area (Å²) in [4.78, 5) is 62.5. The van der Waals surface area contributed by atoms with Crippen molar-refractivity contribution in [3.05, 3.63) is 130 Å². The van der Waals surface area contributed by atoms with E-state index in [-0.39, 0.29) is 23.6 Å². The fourth-order valence-corrected chi connectivity index (χ4v) is 9.42. The smallest absolute Gasteiger partial charge is 0.433 e. The van der Waals surface area contributed by atoms with E-state index in [1.807, 2.05) is 25.1 Å². The van der Waals surface area contributed by atoms with Gasteiger partial charge < -0.3 is 5.11 Å². The first kappa shape index (κ1) is 36.3. The van der Waals surface area contributed by atoms with Gasteiger partial charge in [0.15, 0.2) is 5.82 Å². The van der Waals surface area contributed by atoms with Crippen molar-refractivity contribution in [2.75, 3.05) is 17.5 Å². The zero-order valence-electron chi connectivity index (χ0n) is 29.8. The third kappa shape index (κ3) is 5.42. The molecule has 3 heterocycles. The van der Waals surface area contributed by atoms with Gasteiger partial charge in [0.05, 0.1) is 33.9 Å². The molecule has 2 aliphatic carbocycles. The molecule has 4 amide bonds. The third-order valence-corrected chi connectivity index (χ3v) is 12.0. The highest BCUT2D eigenvalue weighted by atomic mass is 35.5. The second-order valence-electron chi connectivity index (χ2n) is 14.6. The van der Waals surface area contributed by atoms with Crippen LogP contribution in [-0.2, 0) is 30.8 Å². The number of aromatic hydroxyl groups is 1. The minimum absolute atomic E-state index is 0.0131. The number of imide groups is 2. The van der Waals surface area contributed by atoms with Crippen LogP contribution in [-0.4, -0.2) is 50.8 Å². The van der Waals surface area contributed by atoms with Crippen molar-refractivity contribution in [1.29, 1.82) is 0 Å². The highest BCUT2D eigenvalue weighted by Gasteiger charge is 2.71. The Morgan fingerprint density at radius 2 is 1.60 bits per heavy atom. The Bertz CT molecular complexity index is 2300. The number of halogens is 4. The van der Waals surface area contributed by atoms with Crippen molar-refractivity contribution in [3.8, 4) is 5.75 Å². The maximum Gasteiger partial charge on any atom is 0.433 e. The topological polar surface area (TPSA) is 123 Å². The number of allylic oxidation sites excluding steroid dienone is 2. The van der Waals surface area contributed by atoms with Gasteiger partial charge in [0.25, 0.3) is 23.6 Å². The van der Waals surface area contributed by atoms with Crippen LogP contribution in [0.2, 0.25) is 5.02 Å². The van der Waals surface area contributed by atoms with Crippen LogP contribution in [0.5, 0.6) is 5.75 Å². The highest BCUT2D eigenvalue weighted by Crippen LogP contribution is 2.65. The number of aryl methyl sites for hydroxylation is 2. The number of pyridine rings is 1. The number of rotatable bonds is 6. The lowest BCUT2D eigenvalue weighted by atomic mass is 9.49. The quantitative estimate of drug-likeness (QED) is 0.157. The molecule has 2 aliphatic heterocycles. The van der Waals surface area contributed by atoms with Gasteiger partial charge in [0.1, 0.15) is 11.4 Å². The van der Waals surface area contributed by atoms with Crippen LogP contribution in [0.15, 0.2) is 96.6 Å². The zero-order chi connectivity index (χ0) is 39.1. The van der Waals surface area contributed by atoms with Gasteiger partial charge in [-0.15, -0.1) is 0 Å². The molecule has 4 aliphatic rings. The number of benzene rings is 3. The molecule has 8 rings (SSSR count). The Labute approximate surface area is 319 Å². The largest absolute Gasteiger partial charge is 0.507 e. The molecule has 2 saturated heterocycles. The minimum Gasteiger partial charge on any atom is -0.507 e. The lowest BCUT2D eigenvalue weighted by Gasteiger charge is -2.50. The second kappa shape index (κ2) is 13.0. The Balaban J connectivity index is 1.28. The maximum atomic E-state index is 15.3. The first-order valence-electron chi connectivity index (χ1n) is 17.8. The third-order valence-electron chi connectivity index (χ3n) is 11.7. The molecule has 282 valence electrons. The Morgan fingerprint density at radius 1 is 0.891 bits per heavy atom. The van der Waals surface area contributed by atoms with E-state index in [4.69, 9.17) is 11.6 Å². The summed E-state index contributed by atoms with van der Waals surface area (Å²) in [5.74, 6) is -7.74. The van der Waals surface area contributed by atoms with Gasteiger partial charge in [-0.2, -0.15) is 23.2 Å². The molecule has 6 atom stereocenters. The van der Waals surface area contributed by atoms with Crippen LogP contribution < -0.4 is 10.4 Å². The predicted octanol–water partition coefficient (Wildman–Crippen LogP) is 7.11. The number of hydrogen-bond donors (Lipinski definition) is 2. The molecule has 1 aromatic heterocycles. The van der Waals surface area contributed by atoms with E-state index < -0.39 is 76.3 Å². The average molecular weight is 770 g/mol. The van der Waals surface area contributed by atoms with Crippen LogP contribution in [0, 0.1) is 37.5 Å². The van der Waals surface area contributed by atoms with Crippen molar-refractivity contribution < 1.29 is 37.5 Å². The van der Waals surface area contributed by atoms with Crippen molar-refractivity contribution in [2.24, 2.45) is 23.7 Å². The number of hydrogen-bond acceptors (Lipinski definition) is 8. The Morgan fingerprint density at radius 3 is 2.29 bits per heavy atom. The van der Waals surface area contributed by atoms with E-state index in [1.54, 1.807) is 67.6 Å². The summed E-state index contributed by atoms with van der Waals surface area (Å²) in [6, 6.07) is 23.0. The number of alkyl halides is 3. The fourth-order valence-electron chi connectivity index (χ4n) is 9.20. The number of carbonyl (C=O) groups is 4. The molecule has 2 N–H and O–H groups in total. The number of para-hydroxylation sites is 1. The van der Waals surface area contributed by atoms with E-state index in [2.05, 4.69) is 10.4 Å². The number of amides is 4. The first-order chi connectivity index (χ1) is 26.2. The first-order valence-corrected chi connectivity index (χ1v) is 18.1. The van der Waals surface area contributed by atoms with Crippen LogP contribution in [0.25, 0.3) is 0 Å². The van der Waals surface area contributed by atoms with Gasteiger partial charge in [-0.3, -0.25) is 29.6 Å². The standard InChI is InChI=1S/C41H35ClF3N5O5/c1-21-12-14-24(15-13-21)47-49-37(53)29-20-28-25(33(27-11-7-8-22(2)34(27)51)40(29,39(49)55)23-9-5-4-6-10-23)16-17-26-32(28)38(54)50(36(26)52)48(3)35-30(42)18-19-31(46-35)41(43,44)45/h4-16,18-19,26,28-29,32-33,47,51H,17,20H2,1-3H3. The molecule has 4 aromatic rings. The summed E-state index contributed by atoms with van der Waals surface area (Å²) in [7, 11) is 1.25. The summed E-state index contributed by atoms with van der Waals surface area (Å²) in [6.45, 7) is 3.64. The summed E-state index contributed by atoms with van der Waals surface area (Å²) in [5.41, 5.74) is 3.74. The molecule has 3 fully saturated rings. The summed E-state index contributed by atoms with van der Waals surface area (Å²) in [6.07, 6.45) is -2.94. The van der Waals surface area contributed by atoms with E-state index in [0.717, 1.165) is 26.7 Å². The average Bonchev–Trinajstić information content (AvgIpc) is 3.54. The molecular formula is C41H35ClF3N5O5. The van der Waals surface area contributed by atoms with E-state index in [0.29, 0.717) is 34.0 Å². The van der Waals surface area contributed by atoms with Gasteiger partial charge >= 0.3 is 6.18 Å². The van der Waals surface area contributed by atoms with Gasteiger partial charge in [-0.05, 0) is 68.0 Å². The highest BCUT2D eigenvalue weighted by molar-refractivity contribution is 6.33. The normalized spacial score (nSPS) is 26.1. The molecule has 0 radical (unpaired) electrons. The van der Waals surface area contributed by atoms with Crippen molar-refractivity contribution in [2.45, 2.75) is 44.2 Å². The number of nitrogens with one attached hydrogen (secondary N) is 1. The van der Waals surface area contributed by atoms with Gasteiger partial charge in [0.2, 0.25) is 0 Å². The van der Waals surface area contributed by atoms with Crippen molar-refractivity contribution in [3.63, 3.8) is 0 Å². The van der Waals surface area contributed by atoms with E-state index in [9.17, 15) is 32.7 Å². The number of aromatic nitrogens is 1. The molecule has 0 spiro atoms. The predicted molar refractivity (Wildman–Crippen MR) is 196 cm³/mol. The number of hydrazine groups is 2. The lowest BCUT2D eigenvalue weighted by Crippen LogP contribution is -2.53. The molecule has 14 heteroatoms. The van der Waals surface area contributed by atoms with Crippen LogP contribution in [0.4, 0.5) is 24.7 Å². The summed E-state index contributed by atoms with van der Waals surface area (Å²) < 4.78 is 41.0. The number of phenolic OH excluding ortho intramolecular Hbond substituents is 1. The Kier molecular flexibility index (Phi) is 8.56. The Hall–Kier alpha value is -5.69. The molecule has 1 saturated carbocycles. The number of nitrogens with zero attached hydrogens (tertiary/aromatic N) is 4. The van der Waals surface area contributed by atoms with Gasteiger partial charge in [-0.25, -0.2) is 4.98 Å². The van der Waals surface area contributed by atoms with Crippen LogP contribution in [0.3, 0.4) is 0 Å². The molecule has 0 bridgehead atoms. The number of fused-ring (bicyclic) bond motifs is 4. The minimum atomic E-state index is -4.82. The summed E-state index contributed by atoms with van der Waals surface area (Å²) >= 11 is 6.30. The second-order valence-corrected chi connectivity index (χ2v) is 15.0.